The molecule has 2 heterocycles. The fourth-order valence-electron chi connectivity index (χ4n) is 13.4. The molecule has 0 amide bonds. The van der Waals surface area contributed by atoms with Crippen LogP contribution in [0.15, 0.2) is 186 Å². The van der Waals surface area contributed by atoms with E-state index in [2.05, 4.69) is 185 Å². The highest BCUT2D eigenvalue weighted by Gasteiger charge is 2.61. The van der Waals surface area contributed by atoms with Gasteiger partial charge in [-0.3, -0.25) is 0 Å². The lowest BCUT2D eigenvalue weighted by atomic mass is 9.43. The lowest BCUT2D eigenvalue weighted by Gasteiger charge is -2.61. The van der Waals surface area contributed by atoms with Crippen molar-refractivity contribution in [3.05, 3.63) is 193 Å². The van der Waals surface area contributed by atoms with Crippen LogP contribution in [0, 0.1) is 23.7 Å². The fraction of sp³-hybridized carbons (Fsp3) is 0.172. The molecule has 61 heavy (non-hydrogen) atoms. The highest BCUT2D eigenvalue weighted by Crippen LogP contribution is 2.69. The van der Waals surface area contributed by atoms with Gasteiger partial charge in [0, 0.05) is 55.8 Å². The molecule has 8 aromatic carbocycles. The molecule has 15 rings (SSSR count). The Hall–Kier alpha value is -6.84. The standard InChI is InChI=1S/C58H44N2O/c1-2-10-42(11-3-1)60-54-16-8-5-13-47(54)51-34-44(24-27-55(51)60)59(45-23-25-49-48-14-6-9-17-56(48)61-57(49)35-45)43-21-18-38(19-22-43)39-20-26-53-50(33-39)46-12-4-7-15-52(46)58(53)40-29-36-28-37(31-40)32-41(58)30-36/h1-27,33-37,40-41H,28-32H2. The van der Waals surface area contributed by atoms with E-state index in [1.54, 1.807) is 11.1 Å². The maximum Gasteiger partial charge on any atom is 0.137 e. The second-order valence-corrected chi connectivity index (χ2v) is 18.5. The molecule has 0 N–H and O–H groups in total. The lowest BCUT2D eigenvalue weighted by Crippen LogP contribution is -2.55. The van der Waals surface area contributed by atoms with Crippen molar-refractivity contribution >= 4 is 60.8 Å². The first-order chi connectivity index (χ1) is 30.2. The van der Waals surface area contributed by atoms with Crippen molar-refractivity contribution in [2.75, 3.05) is 4.90 Å². The molecule has 0 unspecified atom stereocenters. The summed E-state index contributed by atoms with van der Waals surface area (Å²) >= 11 is 0. The van der Waals surface area contributed by atoms with Gasteiger partial charge in [0.1, 0.15) is 11.2 Å². The molecule has 10 aromatic rings. The zero-order valence-electron chi connectivity index (χ0n) is 34.0. The Bertz CT molecular complexity index is 3360. The second-order valence-electron chi connectivity index (χ2n) is 18.5. The van der Waals surface area contributed by atoms with Crippen molar-refractivity contribution in [3.8, 4) is 27.9 Å². The first-order valence-corrected chi connectivity index (χ1v) is 22.3. The topological polar surface area (TPSA) is 21.3 Å². The van der Waals surface area contributed by atoms with Crippen LogP contribution in [0.3, 0.4) is 0 Å². The molecule has 4 fully saturated rings. The zero-order valence-corrected chi connectivity index (χ0v) is 34.0. The van der Waals surface area contributed by atoms with E-state index in [4.69, 9.17) is 4.42 Å². The monoisotopic (exact) mass is 784 g/mol. The van der Waals surface area contributed by atoms with E-state index in [9.17, 15) is 0 Å². The normalized spacial score (nSPS) is 22.2. The van der Waals surface area contributed by atoms with E-state index < -0.39 is 0 Å². The molecule has 0 atom stereocenters. The maximum absolute atomic E-state index is 6.48. The number of hydrogen-bond donors (Lipinski definition) is 0. The molecule has 3 nitrogen and oxygen atoms in total. The third kappa shape index (κ3) is 4.75. The Morgan fingerprint density at radius 1 is 0.426 bits per heavy atom. The lowest BCUT2D eigenvalue weighted by molar-refractivity contribution is -0.0399. The van der Waals surface area contributed by atoms with E-state index in [0.717, 1.165) is 68.4 Å². The van der Waals surface area contributed by atoms with Crippen LogP contribution < -0.4 is 4.90 Å². The summed E-state index contributed by atoms with van der Waals surface area (Å²) in [7, 11) is 0. The number of aromatic nitrogens is 1. The Morgan fingerprint density at radius 3 is 1.89 bits per heavy atom. The van der Waals surface area contributed by atoms with Crippen LogP contribution in [0.4, 0.5) is 17.1 Å². The van der Waals surface area contributed by atoms with Crippen LogP contribution in [0.25, 0.3) is 71.7 Å². The summed E-state index contributed by atoms with van der Waals surface area (Å²) < 4.78 is 8.86. The van der Waals surface area contributed by atoms with E-state index in [1.165, 1.54) is 76.2 Å². The van der Waals surface area contributed by atoms with E-state index in [-0.39, 0.29) is 5.41 Å². The Balaban J connectivity index is 0.902. The number of furan rings is 1. The molecule has 1 spiro atoms. The summed E-state index contributed by atoms with van der Waals surface area (Å²) in [6.07, 6.45) is 7.11. The highest BCUT2D eigenvalue weighted by atomic mass is 16.3. The van der Waals surface area contributed by atoms with Gasteiger partial charge in [-0.15, -0.1) is 0 Å². The van der Waals surface area contributed by atoms with Crippen LogP contribution in [0.1, 0.15) is 43.2 Å². The van der Waals surface area contributed by atoms with Gasteiger partial charge in [-0.05, 0) is 162 Å². The van der Waals surface area contributed by atoms with E-state index in [1.807, 2.05) is 6.07 Å². The molecule has 292 valence electrons. The van der Waals surface area contributed by atoms with Crippen LogP contribution in [-0.4, -0.2) is 4.57 Å². The molecule has 4 saturated carbocycles. The molecule has 0 aliphatic heterocycles. The number of fused-ring (bicyclic) bond motifs is 9. The Morgan fingerprint density at radius 2 is 1.05 bits per heavy atom. The van der Waals surface area contributed by atoms with Gasteiger partial charge >= 0.3 is 0 Å². The molecule has 4 bridgehead atoms. The minimum atomic E-state index is 0.192. The Kier molecular flexibility index (Phi) is 7.01. The number of nitrogens with zero attached hydrogens (tertiary/aromatic N) is 2. The number of benzene rings is 8. The third-order valence-electron chi connectivity index (χ3n) is 15.6. The summed E-state index contributed by atoms with van der Waals surface area (Å²) in [5.41, 5.74) is 17.5. The third-order valence-corrected chi connectivity index (χ3v) is 15.6. The van der Waals surface area contributed by atoms with E-state index in [0.29, 0.717) is 0 Å². The first-order valence-electron chi connectivity index (χ1n) is 22.3. The predicted octanol–water partition coefficient (Wildman–Crippen LogP) is 15.5. The van der Waals surface area contributed by atoms with Gasteiger partial charge in [0.25, 0.3) is 0 Å². The van der Waals surface area contributed by atoms with Crippen LogP contribution >= 0.6 is 0 Å². The molecule has 2 aromatic heterocycles. The van der Waals surface area contributed by atoms with Crippen molar-refractivity contribution in [2.45, 2.75) is 37.5 Å². The van der Waals surface area contributed by atoms with Gasteiger partial charge < -0.3 is 13.9 Å². The number of rotatable bonds is 5. The van der Waals surface area contributed by atoms with Gasteiger partial charge in [-0.2, -0.15) is 0 Å². The number of anilines is 3. The average molecular weight is 785 g/mol. The molecule has 3 heteroatoms. The molecule has 0 radical (unpaired) electrons. The van der Waals surface area contributed by atoms with Crippen molar-refractivity contribution in [1.29, 1.82) is 0 Å². The van der Waals surface area contributed by atoms with Gasteiger partial charge in [0.2, 0.25) is 0 Å². The predicted molar refractivity (Wildman–Crippen MR) is 251 cm³/mol. The average Bonchev–Trinajstić information content (AvgIpc) is 3.94. The number of para-hydroxylation sites is 3. The molecule has 0 saturated heterocycles. The summed E-state index contributed by atoms with van der Waals surface area (Å²) in [6.45, 7) is 0. The quantitative estimate of drug-likeness (QED) is 0.173. The van der Waals surface area contributed by atoms with Crippen molar-refractivity contribution in [3.63, 3.8) is 0 Å². The largest absolute Gasteiger partial charge is 0.456 e. The smallest absolute Gasteiger partial charge is 0.137 e. The molecular formula is C58H44N2O. The summed E-state index contributed by atoms with van der Waals surface area (Å²) in [5, 5.41) is 4.73. The van der Waals surface area contributed by atoms with Gasteiger partial charge in [0.05, 0.1) is 11.0 Å². The van der Waals surface area contributed by atoms with Crippen LogP contribution in [0.2, 0.25) is 0 Å². The minimum Gasteiger partial charge on any atom is -0.456 e. The van der Waals surface area contributed by atoms with Gasteiger partial charge in [-0.1, -0.05) is 103 Å². The van der Waals surface area contributed by atoms with Crippen molar-refractivity contribution in [2.24, 2.45) is 23.7 Å². The minimum absolute atomic E-state index is 0.192. The Labute approximate surface area is 355 Å². The number of hydrogen-bond acceptors (Lipinski definition) is 2. The van der Waals surface area contributed by atoms with Crippen LogP contribution in [0.5, 0.6) is 0 Å². The maximum atomic E-state index is 6.48. The SMILES string of the molecule is c1ccc(-n2c3ccccc3c3cc(N(c4ccc(-c5ccc6c(c5)-c5ccccc5C65C6CC7CC(C6)CC5C7)cc4)c4ccc5c(c4)oc4ccccc45)ccc32)cc1. The van der Waals surface area contributed by atoms with Gasteiger partial charge in [0.15, 0.2) is 0 Å². The van der Waals surface area contributed by atoms with Crippen molar-refractivity contribution in [1.82, 2.24) is 4.57 Å². The summed E-state index contributed by atoms with van der Waals surface area (Å²) in [4.78, 5) is 2.39. The summed E-state index contributed by atoms with van der Waals surface area (Å²) in [5.74, 6) is 3.43. The molecule has 5 aliphatic rings. The molecule has 5 aliphatic carbocycles. The van der Waals surface area contributed by atoms with Crippen molar-refractivity contribution < 1.29 is 4.42 Å². The fourth-order valence-corrected chi connectivity index (χ4v) is 13.4. The first kappa shape index (κ1) is 33.9. The van der Waals surface area contributed by atoms with Crippen LogP contribution in [-0.2, 0) is 5.41 Å². The highest BCUT2D eigenvalue weighted by molar-refractivity contribution is 6.11. The summed E-state index contributed by atoms with van der Waals surface area (Å²) in [6, 6.07) is 67.6. The van der Waals surface area contributed by atoms with E-state index >= 15 is 0 Å². The second kappa shape index (κ2) is 12.6. The molecular weight excluding hydrogens is 741 g/mol. The zero-order chi connectivity index (χ0) is 39.8. The van der Waals surface area contributed by atoms with Gasteiger partial charge in [-0.25, -0.2) is 0 Å².